The monoisotopic (exact) mass is 265 g/mol. The number of nitrogens with zero attached hydrogens (tertiary/aromatic N) is 4. The van der Waals surface area contributed by atoms with E-state index in [1.54, 1.807) is 17.7 Å². The summed E-state index contributed by atoms with van der Waals surface area (Å²) in [5.74, 6) is 0.389. The van der Waals surface area contributed by atoms with Crippen molar-refractivity contribution in [1.82, 2.24) is 14.9 Å². The molecule has 0 atom stereocenters. The highest BCUT2D eigenvalue weighted by atomic mass is 16.6. The quantitative estimate of drug-likeness (QED) is 0.657. The normalized spacial score (nSPS) is 10.9. The number of hydrogen-bond acceptors (Lipinski definition) is 6. The van der Waals surface area contributed by atoms with Crippen LogP contribution in [0.1, 0.15) is 31.3 Å². The lowest BCUT2D eigenvalue weighted by atomic mass is 10.3. The van der Waals surface area contributed by atoms with E-state index in [4.69, 9.17) is 4.52 Å². The lowest BCUT2D eigenvalue weighted by Crippen LogP contribution is -2.11. The lowest BCUT2D eigenvalue weighted by molar-refractivity contribution is -0.384. The Morgan fingerprint density at radius 3 is 2.84 bits per heavy atom. The molecule has 0 spiro atoms. The van der Waals surface area contributed by atoms with Crippen LogP contribution in [0.3, 0.4) is 0 Å². The first-order valence-corrected chi connectivity index (χ1v) is 5.87. The molecule has 0 bridgehead atoms. The van der Waals surface area contributed by atoms with E-state index in [2.05, 4.69) is 15.6 Å². The van der Waals surface area contributed by atoms with Crippen molar-refractivity contribution < 1.29 is 9.45 Å². The van der Waals surface area contributed by atoms with Gasteiger partial charge in [0.2, 0.25) is 5.82 Å². The minimum atomic E-state index is -0.424. The van der Waals surface area contributed by atoms with E-state index in [-0.39, 0.29) is 11.7 Å². The molecule has 0 aliphatic carbocycles. The van der Waals surface area contributed by atoms with Gasteiger partial charge in [0.25, 0.3) is 0 Å². The molecule has 8 nitrogen and oxygen atoms in total. The zero-order valence-electron chi connectivity index (χ0n) is 11.0. The van der Waals surface area contributed by atoms with Crippen LogP contribution in [0.2, 0.25) is 0 Å². The molecule has 19 heavy (non-hydrogen) atoms. The van der Waals surface area contributed by atoms with Gasteiger partial charge in [0.15, 0.2) is 0 Å². The van der Waals surface area contributed by atoms with Gasteiger partial charge >= 0.3 is 5.69 Å². The van der Waals surface area contributed by atoms with Crippen molar-refractivity contribution in [2.75, 3.05) is 5.32 Å². The third-order valence-corrected chi connectivity index (χ3v) is 2.65. The van der Waals surface area contributed by atoms with Gasteiger partial charge in [-0.2, -0.15) is 5.10 Å². The number of aryl methyl sites for hydroxylation is 1. The van der Waals surface area contributed by atoms with Gasteiger partial charge in [-0.1, -0.05) is 5.16 Å². The molecule has 0 amide bonds. The van der Waals surface area contributed by atoms with Crippen LogP contribution in [-0.4, -0.2) is 19.9 Å². The molecule has 2 heterocycles. The molecule has 0 fully saturated rings. The Kier molecular flexibility index (Phi) is 3.50. The number of rotatable bonds is 5. The second kappa shape index (κ2) is 5.09. The smallest absolute Gasteiger partial charge is 0.333 e. The molecule has 0 unspecified atom stereocenters. The molecule has 1 N–H and O–H groups in total. The zero-order chi connectivity index (χ0) is 14.0. The van der Waals surface area contributed by atoms with Crippen LogP contribution in [0, 0.1) is 17.0 Å². The first-order chi connectivity index (χ1) is 9.00. The Morgan fingerprint density at radius 2 is 2.32 bits per heavy atom. The Hall–Kier alpha value is -2.38. The van der Waals surface area contributed by atoms with E-state index < -0.39 is 4.92 Å². The van der Waals surface area contributed by atoms with E-state index in [1.807, 2.05) is 13.8 Å². The number of aromatic nitrogens is 3. The Bertz CT molecular complexity index is 573. The van der Waals surface area contributed by atoms with Gasteiger partial charge in [-0.05, 0) is 20.8 Å². The molecule has 8 heteroatoms. The van der Waals surface area contributed by atoms with E-state index in [0.717, 1.165) is 0 Å². The van der Waals surface area contributed by atoms with Crippen LogP contribution in [-0.2, 0) is 6.54 Å². The highest BCUT2D eigenvalue weighted by molar-refractivity contribution is 5.59. The molecule has 0 aliphatic rings. The van der Waals surface area contributed by atoms with Gasteiger partial charge in [-0.25, -0.2) is 4.68 Å². The van der Waals surface area contributed by atoms with Gasteiger partial charge in [0.05, 0.1) is 11.5 Å². The maximum atomic E-state index is 11.1. The summed E-state index contributed by atoms with van der Waals surface area (Å²) in [5.41, 5.74) is 1.06. The predicted molar refractivity (Wildman–Crippen MR) is 67.8 cm³/mol. The third-order valence-electron chi connectivity index (χ3n) is 2.65. The number of nitro groups is 1. The maximum Gasteiger partial charge on any atom is 0.333 e. The third kappa shape index (κ3) is 2.56. The zero-order valence-corrected chi connectivity index (χ0v) is 11.0. The highest BCUT2D eigenvalue weighted by Gasteiger charge is 2.26. The summed E-state index contributed by atoms with van der Waals surface area (Å²) in [6.45, 7) is 5.79. The highest BCUT2D eigenvalue weighted by Crippen LogP contribution is 2.30. The molecular weight excluding hydrogens is 250 g/mol. The fraction of sp³-hybridized carbons (Fsp3) is 0.455. The first kappa shape index (κ1) is 13.1. The summed E-state index contributed by atoms with van der Waals surface area (Å²) in [6, 6.07) is 1.72. The fourth-order valence-electron chi connectivity index (χ4n) is 1.80. The molecule has 0 saturated carbocycles. The standard InChI is InChI=1S/C11H15N5O3/c1-7(2)15-11(10(16(17)18)8(3)13-15)12-6-9-4-5-19-14-9/h4-5,7,12H,6H2,1-3H3. The second-order valence-corrected chi connectivity index (χ2v) is 4.42. The molecule has 0 radical (unpaired) electrons. The van der Waals surface area contributed by atoms with Crippen LogP contribution in [0.15, 0.2) is 16.9 Å². The summed E-state index contributed by atoms with van der Waals surface area (Å²) >= 11 is 0. The number of hydrogen-bond donors (Lipinski definition) is 1. The SMILES string of the molecule is Cc1nn(C(C)C)c(NCc2ccon2)c1[N+](=O)[O-]. The van der Waals surface area contributed by atoms with E-state index >= 15 is 0 Å². The van der Waals surface area contributed by atoms with E-state index in [0.29, 0.717) is 23.8 Å². The molecule has 0 aromatic carbocycles. The largest absolute Gasteiger partial charge is 0.364 e. The van der Waals surface area contributed by atoms with Gasteiger partial charge in [-0.15, -0.1) is 0 Å². The summed E-state index contributed by atoms with van der Waals surface area (Å²) in [6.07, 6.45) is 1.45. The summed E-state index contributed by atoms with van der Waals surface area (Å²) in [4.78, 5) is 10.7. The van der Waals surface area contributed by atoms with Crippen molar-refractivity contribution in [3.8, 4) is 0 Å². The maximum absolute atomic E-state index is 11.1. The van der Waals surface area contributed by atoms with Crippen LogP contribution >= 0.6 is 0 Å². The summed E-state index contributed by atoms with van der Waals surface area (Å²) < 4.78 is 6.32. The Labute approximate surface area is 109 Å². The Balaban J connectivity index is 2.32. The molecular formula is C11H15N5O3. The average molecular weight is 265 g/mol. The predicted octanol–water partition coefficient (Wildman–Crippen LogP) is 2.28. The lowest BCUT2D eigenvalue weighted by Gasteiger charge is -2.10. The van der Waals surface area contributed by atoms with E-state index in [9.17, 15) is 10.1 Å². The van der Waals surface area contributed by atoms with Crippen molar-refractivity contribution in [2.45, 2.75) is 33.4 Å². The fourth-order valence-corrected chi connectivity index (χ4v) is 1.80. The van der Waals surface area contributed by atoms with Gasteiger partial charge < -0.3 is 9.84 Å². The topological polar surface area (TPSA) is 99.0 Å². The van der Waals surface area contributed by atoms with Gasteiger partial charge in [0.1, 0.15) is 17.7 Å². The van der Waals surface area contributed by atoms with Gasteiger partial charge in [-0.3, -0.25) is 10.1 Å². The van der Waals surface area contributed by atoms with E-state index in [1.165, 1.54) is 6.26 Å². The van der Waals surface area contributed by atoms with Crippen molar-refractivity contribution >= 4 is 11.5 Å². The van der Waals surface area contributed by atoms with Crippen molar-refractivity contribution in [3.63, 3.8) is 0 Å². The molecule has 0 saturated heterocycles. The van der Waals surface area contributed by atoms with Crippen LogP contribution in [0.4, 0.5) is 11.5 Å². The second-order valence-electron chi connectivity index (χ2n) is 4.42. The minimum Gasteiger partial charge on any atom is -0.364 e. The van der Waals surface area contributed by atoms with Crippen molar-refractivity contribution in [1.29, 1.82) is 0 Å². The van der Waals surface area contributed by atoms with Crippen LogP contribution < -0.4 is 5.32 Å². The first-order valence-electron chi connectivity index (χ1n) is 5.87. The Morgan fingerprint density at radius 1 is 1.58 bits per heavy atom. The minimum absolute atomic E-state index is 0.00260. The van der Waals surface area contributed by atoms with Crippen molar-refractivity contribution in [2.24, 2.45) is 0 Å². The number of nitrogens with one attached hydrogen (secondary N) is 1. The van der Waals surface area contributed by atoms with Crippen molar-refractivity contribution in [3.05, 3.63) is 33.8 Å². The number of anilines is 1. The van der Waals surface area contributed by atoms with Crippen LogP contribution in [0.25, 0.3) is 0 Å². The average Bonchev–Trinajstić information content (AvgIpc) is 2.92. The summed E-state index contributed by atoms with van der Waals surface area (Å²) in [5, 5.41) is 22.1. The molecule has 2 aromatic heterocycles. The van der Waals surface area contributed by atoms with Gasteiger partial charge in [0, 0.05) is 12.1 Å². The molecule has 102 valence electrons. The molecule has 2 aromatic rings. The van der Waals surface area contributed by atoms with Crippen LogP contribution in [0.5, 0.6) is 0 Å². The molecule has 0 aliphatic heterocycles. The summed E-state index contributed by atoms with van der Waals surface area (Å²) in [7, 11) is 0. The molecule has 2 rings (SSSR count).